The number of nitrogens with zero attached hydrogens (tertiary/aromatic N) is 2. The molecule has 19 heavy (non-hydrogen) atoms. The molecule has 0 spiro atoms. The molecular weight excluding hydrogens is 254 g/mol. The number of hydrogen-bond donors (Lipinski definition) is 1. The van der Waals surface area contributed by atoms with Crippen molar-refractivity contribution >= 4 is 16.5 Å². The van der Waals surface area contributed by atoms with Gasteiger partial charge >= 0.3 is 0 Å². The lowest BCUT2D eigenvalue weighted by Gasteiger charge is -2.22. The molecule has 0 saturated heterocycles. The molecule has 3 rings (SSSR count). The minimum atomic E-state index is 0.560. The molecule has 1 unspecified atom stereocenters. The van der Waals surface area contributed by atoms with Gasteiger partial charge < -0.3 is 10.2 Å². The Bertz CT molecular complexity index is 425. The predicted octanol–water partition coefficient (Wildman–Crippen LogP) is 3.37. The smallest absolute Gasteiger partial charge is 0.185 e. The van der Waals surface area contributed by atoms with Gasteiger partial charge in [-0.15, -0.1) is 0 Å². The van der Waals surface area contributed by atoms with Crippen LogP contribution < -0.4 is 10.2 Å². The second kappa shape index (κ2) is 5.80. The van der Waals surface area contributed by atoms with E-state index in [1.54, 1.807) is 0 Å². The van der Waals surface area contributed by atoms with Crippen LogP contribution in [0.5, 0.6) is 0 Å². The fraction of sp³-hybridized carbons (Fsp3) is 0.800. The van der Waals surface area contributed by atoms with Gasteiger partial charge in [0.2, 0.25) is 0 Å². The fourth-order valence-electron chi connectivity index (χ4n) is 2.85. The molecule has 1 saturated carbocycles. The molecule has 1 N–H and O–H groups in total. The maximum absolute atomic E-state index is 4.89. The molecule has 0 amide bonds. The minimum Gasteiger partial charge on any atom is -0.351 e. The number of thiazole rings is 1. The number of aromatic nitrogens is 1. The van der Waals surface area contributed by atoms with Gasteiger partial charge in [-0.1, -0.05) is 18.3 Å². The van der Waals surface area contributed by atoms with E-state index in [4.69, 9.17) is 4.98 Å². The van der Waals surface area contributed by atoms with E-state index in [-0.39, 0.29) is 0 Å². The van der Waals surface area contributed by atoms with Crippen LogP contribution in [-0.4, -0.2) is 25.1 Å². The fourth-order valence-corrected chi connectivity index (χ4v) is 4.04. The Labute approximate surface area is 120 Å². The third kappa shape index (κ3) is 3.11. The van der Waals surface area contributed by atoms with Gasteiger partial charge in [-0.05, 0) is 51.0 Å². The highest BCUT2D eigenvalue weighted by atomic mass is 32.1. The molecule has 0 bridgehead atoms. The molecule has 1 heterocycles. The lowest BCUT2D eigenvalue weighted by molar-refractivity contribution is 0.464. The van der Waals surface area contributed by atoms with Crippen molar-refractivity contribution in [1.29, 1.82) is 0 Å². The average molecular weight is 279 g/mol. The summed E-state index contributed by atoms with van der Waals surface area (Å²) in [5.74, 6) is 0.931. The van der Waals surface area contributed by atoms with Crippen LogP contribution in [0.15, 0.2) is 0 Å². The van der Waals surface area contributed by atoms with Gasteiger partial charge in [0.25, 0.3) is 0 Å². The molecule has 1 aromatic heterocycles. The van der Waals surface area contributed by atoms with E-state index in [1.807, 2.05) is 11.3 Å². The second-order valence-corrected chi connectivity index (χ2v) is 7.04. The maximum Gasteiger partial charge on any atom is 0.185 e. The molecule has 0 aliphatic heterocycles. The summed E-state index contributed by atoms with van der Waals surface area (Å²) >= 11 is 1.92. The summed E-state index contributed by atoms with van der Waals surface area (Å²) in [5, 5.41) is 4.92. The van der Waals surface area contributed by atoms with Crippen molar-refractivity contribution < 1.29 is 0 Å². The van der Waals surface area contributed by atoms with Gasteiger partial charge in [0.05, 0.1) is 5.69 Å². The Morgan fingerprint density at radius 2 is 2.21 bits per heavy atom. The normalized spacial score (nSPS) is 22.3. The topological polar surface area (TPSA) is 28.2 Å². The lowest BCUT2D eigenvalue weighted by atomic mass is 9.98. The Hall–Kier alpha value is -0.610. The van der Waals surface area contributed by atoms with Crippen molar-refractivity contribution in [3.8, 4) is 0 Å². The Morgan fingerprint density at radius 1 is 1.37 bits per heavy atom. The molecule has 0 aromatic carbocycles. The first-order chi connectivity index (χ1) is 9.28. The number of nitrogens with one attached hydrogen (secondary N) is 1. The third-order valence-electron chi connectivity index (χ3n) is 4.14. The molecule has 2 aliphatic rings. The summed E-state index contributed by atoms with van der Waals surface area (Å²) in [6, 6.07) is 0.560. The summed E-state index contributed by atoms with van der Waals surface area (Å²) < 4.78 is 0. The summed E-state index contributed by atoms with van der Waals surface area (Å²) in [6.07, 6.45) is 7.77. The quantitative estimate of drug-likeness (QED) is 0.865. The van der Waals surface area contributed by atoms with Crippen LogP contribution in [-0.2, 0) is 6.42 Å². The van der Waals surface area contributed by atoms with Crippen LogP contribution in [0.3, 0.4) is 0 Å². The van der Waals surface area contributed by atoms with E-state index in [0.29, 0.717) is 6.04 Å². The van der Waals surface area contributed by atoms with Crippen molar-refractivity contribution in [2.75, 3.05) is 25.0 Å². The highest BCUT2D eigenvalue weighted by Gasteiger charge is 2.27. The first-order valence-electron chi connectivity index (χ1n) is 7.72. The van der Waals surface area contributed by atoms with E-state index in [9.17, 15) is 0 Å². The van der Waals surface area contributed by atoms with Crippen LogP contribution in [0, 0.1) is 5.92 Å². The summed E-state index contributed by atoms with van der Waals surface area (Å²) in [5.41, 5.74) is 1.36. The van der Waals surface area contributed by atoms with E-state index < -0.39 is 0 Å². The molecule has 1 fully saturated rings. The summed E-state index contributed by atoms with van der Waals surface area (Å²) in [4.78, 5) is 8.78. The van der Waals surface area contributed by atoms with Gasteiger partial charge in [0, 0.05) is 24.5 Å². The SMILES string of the molecule is CCCNC1CCCc2nc(N(C)CC3CC3)sc21. The van der Waals surface area contributed by atoms with Crippen LogP contribution in [0.4, 0.5) is 5.13 Å². The second-order valence-electron chi connectivity index (χ2n) is 6.03. The van der Waals surface area contributed by atoms with E-state index in [2.05, 4.69) is 24.2 Å². The lowest BCUT2D eigenvalue weighted by Crippen LogP contribution is -2.24. The van der Waals surface area contributed by atoms with Crippen molar-refractivity contribution in [3.63, 3.8) is 0 Å². The van der Waals surface area contributed by atoms with Crippen LogP contribution in [0.25, 0.3) is 0 Å². The van der Waals surface area contributed by atoms with Crippen molar-refractivity contribution in [2.45, 2.75) is 51.5 Å². The van der Waals surface area contributed by atoms with E-state index in [0.717, 1.165) is 12.5 Å². The van der Waals surface area contributed by atoms with Crippen LogP contribution >= 0.6 is 11.3 Å². The Balaban J connectivity index is 1.72. The molecule has 1 aromatic rings. The van der Waals surface area contributed by atoms with Crippen molar-refractivity contribution in [1.82, 2.24) is 10.3 Å². The molecule has 2 aliphatic carbocycles. The van der Waals surface area contributed by atoms with Crippen LogP contribution in [0.1, 0.15) is 55.6 Å². The molecule has 1 atom stereocenters. The predicted molar refractivity (Wildman–Crippen MR) is 82.1 cm³/mol. The van der Waals surface area contributed by atoms with Crippen molar-refractivity contribution in [3.05, 3.63) is 10.6 Å². The number of fused-ring (bicyclic) bond motifs is 1. The van der Waals surface area contributed by atoms with Gasteiger partial charge in [-0.2, -0.15) is 0 Å². The molecule has 106 valence electrons. The molecule has 0 radical (unpaired) electrons. The number of anilines is 1. The summed E-state index contributed by atoms with van der Waals surface area (Å²) in [6.45, 7) is 4.55. The number of rotatable bonds is 6. The summed E-state index contributed by atoms with van der Waals surface area (Å²) in [7, 11) is 2.21. The Morgan fingerprint density at radius 3 is 2.95 bits per heavy atom. The van der Waals surface area contributed by atoms with Crippen LogP contribution in [0.2, 0.25) is 0 Å². The third-order valence-corrected chi connectivity index (χ3v) is 5.46. The number of hydrogen-bond acceptors (Lipinski definition) is 4. The standard InChI is InChI=1S/C15H25N3S/c1-3-9-16-12-5-4-6-13-14(12)19-15(17-13)18(2)10-11-7-8-11/h11-12,16H,3-10H2,1-2H3. The Kier molecular flexibility index (Phi) is 4.08. The zero-order chi connectivity index (χ0) is 13.2. The van der Waals surface area contributed by atoms with Gasteiger partial charge in [0.1, 0.15) is 0 Å². The van der Waals surface area contributed by atoms with E-state index in [1.165, 1.54) is 60.8 Å². The van der Waals surface area contributed by atoms with Gasteiger partial charge in [-0.3, -0.25) is 0 Å². The zero-order valence-corrected chi connectivity index (χ0v) is 12.9. The van der Waals surface area contributed by atoms with Crippen molar-refractivity contribution in [2.24, 2.45) is 5.92 Å². The molecular formula is C15H25N3S. The molecule has 3 nitrogen and oxygen atoms in total. The largest absolute Gasteiger partial charge is 0.351 e. The van der Waals surface area contributed by atoms with Gasteiger partial charge in [-0.25, -0.2) is 4.98 Å². The maximum atomic E-state index is 4.89. The number of aryl methyl sites for hydroxylation is 1. The van der Waals surface area contributed by atoms with Gasteiger partial charge in [0.15, 0.2) is 5.13 Å². The average Bonchev–Trinajstić information content (AvgIpc) is 3.11. The van der Waals surface area contributed by atoms with E-state index >= 15 is 0 Å². The zero-order valence-electron chi connectivity index (χ0n) is 12.1. The highest BCUT2D eigenvalue weighted by molar-refractivity contribution is 7.15. The first-order valence-corrected chi connectivity index (χ1v) is 8.53. The minimum absolute atomic E-state index is 0.560. The molecule has 4 heteroatoms. The first kappa shape index (κ1) is 13.4. The highest BCUT2D eigenvalue weighted by Crippen LogP contribution is 2.38. The monoisotopic (exact) mass is 279 g/mol.